The van der Waals surface area contributed by atoms with Gasteiger partial charge in [-0.15, -0.1) is 0 Å². The van der Waals surface area contributed by atoms with E-state index in [1.54, 1.807) is 19.1 Å². The number of hydrogen-bond acceptors (Lipinski definition) is 5. The Hall–Kier alpha value is -2.87. The average Bonchev–Trinajstić information content (AvgIpc) is 3.46. The van der Waals surface area contributed by atoms with Crippen molar-refractivity contribution < 1.29 is 23.5 Å². The van der Waals surface area contributed by atoms with Crippen LogP contribution in [0.4, 0.5) is 4.79 Å². The van der Waals surface area contributed by atoms with E-state index in [-0.39, 0.29) is 18.4 Å². The third kappa shape index (κ3) is 3.27. The van der Waals surface area contributed by atoms with Crippen LogP contribution in [0.2, 0.25) is 0 Å². The van der Waals surface area contributed by atoms with E-state index in [4.69, 9.17) is 9.15 Å². The fourth-order valence-electron chi connectivity index (χ4n) is 4.16. The van der Waals surface area contributed by atoms with Crippen molar-refractivity contribution >= 4 is 17.7 Å². The Morgan fingerprint density at radius 2 is 2.14 bits per heavy atom. The molecule has 3 amide bonds. The molecular formula is C21H25N3O5. The molecule has 2 aliphatic rings. The molecule has 0 saturated carbocycles. The van der Waals surface area contributed by atoms with Gasteiger partial charge in [0.05, 0.1) is 18.9 Å². The highest BCUT2D eigenvalue weighted by Crippen LogP contribution is 2.29. The highest BCUT2D eigenvalue weighted by molar-refractivity contribution is 6.11. The summed E-state index contributed by atoms with van der Waals surface area (Å²) in [5.41, 5.74) is 0.993. The van der Waals surface area contributed by atoms with Crippen LogP contribution in [-0.4, -0.2) is 46.4 Å². The smallest absolute Gasteiger partial charge is 0.325 e. The molecule has 8 heteroatoms. The summed E-state index contributed by atoms with van der Waals surface area (Å²) in [7, 11) is 0. The summed E-state index contributed by atoms with van der Waals surface area (Å²) >= 11 is 0. The lowest BCUT2D eigenvalue weighted by atomic mass is 9.99. The molecular weight excluding hydrogens is 374 g/mol. The fraction of sp³-hybridized carbons (Fsp3) is 0.476. The molecule has 2 aromatic heterocycles. The number of nitrogens with zero attached hydrogens (tertiary/aromatic N) is 2. The maximum absolute atomic E-state index is 13.0. The van der Waals surface area contributed by atoms with Gasteiger partial charge in [0.15, 0.2) is 11.3 Å². The second-order valence-electron chi connectivity index (χ2n) is 7.88. The fourth-order valence-corrected chi connectivity index (χ4v) is 4.16. The highest BCUT2D eigenvalue weighted by atomic mass is 16.5. The van der Waals surface area contributed by atoms with Crippen LogP contribution in [0.1, 0.15) is 47.3 Å². The lowest BCUT2D eigenvalue weighted by Gasteiger charge is -2.18. The first-order valence-corrected chi connectivity index (χ1v) is 9.81. The van der Waals surface area contributed by atoms with E-state index < -0.39 is 17.5 Å². The van der Waals surface area contributed by atoms with E-state index in [0.29, 0.717) is 17.9 Å². The van der Waals surface area contributed by atoms with Crippen molar-refractivity contribution in [3.05, 3.63) is 47.2 Å². The van der Waals surface area contributed by atoms with Gasteiger partial charge < -0.3 is 19.0 Å². The lowest BCUT2D eigenvalue weighted by Crippen LogP contribution is -2.41. The predicted octanol–water partition coefficient (Wildman–Crippen LogP) is 2.53. The van der Waals surface area contributed by atoms with Crippen molar-refractivity contribution in [3.63, 3.8) is 0 Å². The quantitative estimate of drug-likeness (QED) is 0.595. The molecule has 0 bridgehead atoms. The normalized spacial score (nSPS) is 24.4. The van der Waals surface area contributed by atoms with Crippen LogP contribution in [0.25, 0.3) is 0 Å². The molecule has 2 atom stereocenters. The zero-order valence-electron chi connectivity index (χ0n) is 16.9. The SMILES string of the molecule is Cc1cc(C(=O)CN2C(=O)NC(C)(c3ccco3)C2=O)c(C)n1CC1CCCO1. The van der Waals surface area contributed by atoms with Crippen LogP contribution in [-0.2, 0) is 21.6 Å². The van der Waals surface area contributed by atoms with E-state index in [0.717, 1.165) is 35.7 Å². The van der Waals surface area contributed by atoms with Crippen LogP contribution < -0.4 is 5.32 Å². The molecule has 0 aromatic carbocycles. The minimum absolute atomic E-state index is 0.155. The summed E-state index contributed by atoms with van der Waals surface area (Å²) in [6.07, 6.45) is 3.66. The number of aryl methyl sites for hydroxylation is 1. The number of carbonyl (C=O) groups excluding carboxylic acids is 3. The third-order valence-electron chi connectivity index (χ3n) is 5.87. The number of carbonyl (C=O) groups is 3. The first kappa shape index (κ1) is 19.4. The Bertz CT molecular complexity index is 955. The number of imide groups is 1. The summed E-state index contributed by atoms with van der Waals surface area (Å²) in [6.45, 7) is 6.56. The van der Waals surface area contributed by atoms with E-state index in [1.807, 2.05) is 19.9 Å². The molecule has 2 saturated heterocycles. The van der Waals surface area contributed by atoms with Crippen LogP contribution in [0, 0.1) is 13.8 Å². The van der Waals surface area contributed by atoms with Crippen molar-refractivity contribution in [1.82, 2.24) is 14.8 Å². The number of rotatable bonds is 6. The molecule has 154 valence electrons. The summed E-state index contributed by atoms with van der Waals surface area (Å²) in [4.78, 5) is 39.3. The number of furan rings is 1. The van der Waals surface area contributed by atoms with E-state index in [1.165, 1.54) is 6.26 Å². The average molecular weight is 399 g/mol. The number of amides is 3. The molecule has 2 aliphatic heterocycles. The maximum atomic E-state index is 13.0. The molecule has 0 spiro atoms. The number of Topliss-reactive ketones (excluding diaryl/α,β-unsaturated/α-hetero) is 1. The molecule has 0 aliphatic carbocycles. The standard InChI is InChI=1S/C21H25N3O5/c1-13-10-16(14(2)23(13)11-15-6-4-8-28-15)17(25)12-24-19(26)21(3,22-20(24)27)18-7-5-9-29-18/h5,7,9-10,15H,4,6,8,11-12H2,1-3H3,(H,22,27). The minimum atomic E-state index is -1.31. The molecule has 2 fully saturated rings. The Morgan fingerprint density at radius 1 is 1.34 bits per heavy atom. The molecule has 2 aromatic rings. The van der Waals surface area contributed by atoms with Gasteiger partial charge in [-0.05, 0) is 51.8 Å². The molecule has 4 heterocycles. The third-order valence-corrected chi connectivity index (χ3v) is 5.87. The molecule has 1 N–H and O–H groups in total. The van der Waals surface area contributed by atoms with Crippen LogP contribution in [0.15, 0.2) is 28.9 Å². The summed E-state index contributed by atoms with van der Waals surface area (Å²) < 4.78 is 13.1. The first-order valence-electron chi connectivity index (χ1n) is 9.81. The van der Waals surface area contributed by atoms with Gasteiger partial charge >= 0.3 is 6.03 Å². The second kappa shape index (κ2) is 7.18. The van der Waals surface area contributed by atoms with Crippen LogP contribution in [0.5, 0.6) is 0 Å². The molecule has 29 heavy (non-hydrogen) atoms. The zero-order chi connectivity index (χ0) is 20.8. The largest absolute Gasteiger partial charge is 0.466 e. The Morgan fingerprint density at radius 3 is 2.79 bits per heavy atom. The van der Waals surface area contributed by atoms with Gasteiger partial charge in [-0.1, -0.05) is 0 Å². The second-order valence-corrected chi connectivity index (χ2v) is 7.88. The molecule has 0 radical (unpaired) electrons. The number of ether oxygens (including phenoxy) is 1. The van der Waals surface area contributed by atoms with Gasteiger partial charge in [-0.2, -0.15) is 0 Å². The lowest BCUT2D eigenvalue weighted by molar-refractivity contribution is -0.131. The highest BCUT2D eigenvalue weighted by Gasteiger charge is 2.51. The molecule has 2 unspecified atom stereocenters. The van der Waals surface area contributed by atoms with Crippen molar-refractivity contribution in [1.29, 1.82) is 0 Å². The van der Waals surface area contributed by atoms with Gasteiger partial charge in [0, 0.05) is 30.1 Å². The summed E-state index contributed by atoms with van der Waals surface area (Å²) in [5, 5.41) is 2.64. The van der Waals surface area contributed by atoms with E-state index >= 15 is 0 Å². The van der Waals surface area contributed by atoms with Gasteiger partial charge in [0.25, 0.3) is 5.91 Å². The molecule has 4 rings (SSSR count). The predicted molar refractivity (Wildman–Crippen MR) is 104 cm³/mol. The Labute approximate surface area is 168 Å². The number of nitrogens with one attached hydrogen (secondary N) is 1. The van der Waals surface area contributed by atoms with Gasteiger partial charge in [-0.25, -0.2) is 4.79 Å². The van der Waals surface area contributed by atoms with Gasteiger partial charge in [-0.3, -0.25) is 14.5 Å². The van der Waals surface area contributed by atoms with E-state index in [2.05, 4.69) is 9.88 Å². The monoisotopic (exact) mass is 399 g/mol. The number of hydrogen-bond donors (Lipinski definition) is 1. The number of aromatic nitrogens is 1. The van der Waals surface area contributed by atoms with Crippen molar-refractivity contribution in [3.8, 4) is 0 Å². The Balaban J connectivity index is 1.52. The Kier molecular flexibility index (Phi) is 4.82. The van der Waals surface area contributed by atoms with Gasteiger partial charge in [0.2, 0.25) is 0 Å². The topological polar surface area (TPSA) is 93.8 Å². The number of ketones is 1. The van der Waals surface area contributed by atoms with Crippen molar-refractivity contribution in [2.75, 3.05) is 13.2 Å². The van der Waals surface area contributed by atoms with Crippen molar-refractivity contribution in [2.45, 2.75) is 51.8 Å². The first-order chi connectivity index (χ1) is 13.8. The minimum Gasteiger partial charge on any atom is -0.466 e. The van der Waals surface area contributed by atoms with Crippen LogP contribution >= 0.6 is 0 Å². The van der Waals surface area contributed by atoms with Gasteiger partial charge in [0.1, 0.15) is 5.76 Å². The molecule has 8 nitrogen and oxygen atoms in total. The number of urea groups is 1. The zero-order valence-corrected chi connectivity index (χ0v) is 16.9. The summed E-state index contributed by atoms with van der Waals surface area (Å²) in [6, 6.07) is 4.49. The van der Waals surface area contributed by atoms with E-state index in [9.17, 15) is 14.4 Å². The summed E-state index contributed by atoms with van der Waals surface area (Å²) in [5.74, 6) is -0.441. The van der Waals surface area contributed by atoms with Crippen LogP contribution in [0.3, 0.4) is 0 Å². The maximum Gasteiger partial charge on any atom is 0.325 e. The van der Waals surface area contributed by atoms with Crippen molar-refractivity contribution in [2.24, 2.45) is 0 Å².